The molecule has 72 valence electrons. The highest BCUT2D eigenvalue weighted by molar-refractivity contribution is 5.85. The summed E-state index contributed by atoms with van der Waals surface area (Å²) >= 11 is 0. The van der Waals surface area contributed by atoms with Crippen molar-refractivity contribution in [2.24, 2.45) is 5.41 Å². The van der Waals surface area contributed by atoms with Gasteiger partial charge in [-0.1, -0.05) is 0 Å². The van der Waals surface area contributed by atoms with Gasteiger partial charge in [0.25, 0.3) is 0 Å². The SMILES string of the molecule is CC1(C)CC(C)(C(=O)O)CN1.Cl. The first-order chi connectivity index (χ1) is 4.86. The first kappa shape index (κ1) is 11.7. The Morgan fingerprint density at radius 1 is 1.42 bits per heavy atom. The van der Waals surface area contributed by atoms with Crippen molar-refractivity contribution < 1.29 is 9.90 Å². The van der Waals surface area contributed by atoms with Crippen LogP contribution in [0.4, 0.5) is 0 Å². The molecular formula is C8H16ClNO2. The lowest BCUT2D eigenvalue weighted by Crippen LogP contribution is -2.31. The first-order valence-corrected chi connectivity index (χ1v) is 3.84. The first-order valence-electron chi connectivity index (χ1n) is 3.84. The maximum absolute atomic E-state index is 10.8. The third-order valence-electron chi connectivity index (χ3n) is 2.31. The molecule has 12 heavy (non-hydrogen) atoms. The minimum Gasteiger partial charge on any atom is -0.481 e. The zero-order valence-corrected chi connectivity index (χ0v) is 8.49. The molecule has 3 nitrogen and oxygen atoms in total. The summed E-state index contributed by atoms with van der Waals surface area (Å²) in [4.78, 5) is 10.8. The van der Waals surface area contributed by atoms with E-state index in [0.29, 0.717) is 13.0 Å². The Hall–Kier alpha value is -0.280. The molecular weight excluding hydrogens is 178 g/mol. The summed E-state index contributed by atoms with van der Waals surface area (Å²) in [6.45, 7) is 6.43. The zero-order valence-electron chi connectivity index (χ0n) is 7.68. The van der Waals surface area contributed by atoms with E-state index >= 15 is 0 Å². The van der Waals surface area contributed by atoms with Gasteiger partial charge in [0.1, 0.15) is 0 Å². The van der Waals surface area contributed by atoms with Crippen LogP contribution in [-0.2, 0) is 4.79 Å². The van der Waals surface area contributed by atoms with E-state index < -0.39 is 11.4 Å². The fraction of sp³-hybridized carbons (Fsp3) is 0.875. The smallest absolute Gasteiger partial charge is 0.310 e. The van der Waals surface area contributed by atoms with Crippen LogP contribution in [0, 0.1) is 5.41 Å². The van der Waals surface area contributed by atoms with E-state index in [9.17, 15) is 4.79 Å². The molecule has 0 aromatic carbocycles. The molecule has 1 fully saturated rings. The van der Waals surface area contributed by atoms with Crippen molar-refractivity contribution in [2.45, 2.75) is 32.7 Å². The second-order valence-corrected chi connectivity index (χ2v) is 4.28. The van der Waals surface area contributed by atoms with E-state index in [1.165, 1.54) is 0 Å². The van der Waals surface area contributed by atoms with Crippen LogP contribution < -0.4 is 5.32 Å². The highest BCUT2D eigenvalue weighted by atomic mass is 35.5. The number of hydrogen-bond donors (Lipinski definition) is 2. The Labute approximate surface area is 78.9 Å². The number of carbonyl (C=O) groups is 1. The van der Waals surface area contributed by atoms with E-state index in [2.05, 4.69) is 5.32 Å². The van der Waals surface area contributed by atoms with Crippen molar-refractivity contribution in [1.29, 1.82) is 0 Å². The quantitative estimate of drug-likeness (QED) is 0.660. The van der Waals surface area contributed by atoms with Crippen LogP contribution in [-0.4, -0.2) is 23.2 Å². The lowest BCUT2D eigenvalue weighted by molar-refractivity contribution is -0.146. The van der Waals surface area contributed by atoms with E-state index in [1.54, 1.807) is 6.92 Å². The second kappa shape index (κ2) is 3.23. The van der Waals surface area contributed by atoms with Gasteiger partial charge in [0.2, 0.25) is 0 Å². The molecule has 1 aliphatic rings. The fourth-order valence-electron chi connectivity index (χ4n) is 1.69. The lowest BCUT2D eigenvalue weighted by Gasteiger charge is -2.20. The largest absolute Gasteiger partial charge is 0.481 e. The van der Waals surface area contributed by atoms with Gasteiger partial charge in [-0.05, 0) is 27.2 Å². The van der Waals surface area contributed by atoms with Crippen LogP contribution in [0.2, 0.25) is 0 Å². The molecule has 0 aliphatic carbocycles. The van der Waals surface area contributed by atoms with Gasteiger partial charge in [0.15, 0.2) is 0 Å². The van der Waals surface area contributed by atoms with E-state index in [-0.39, 0.29) is 17.9 Å². The average Bonchev–Trinajstić information content (AvgIpc) is 2.08. The summed E-state index contributed by atoms with van der Waals surface area (Å²) in [5.41, 5.74) is -0.587. The standard InChI is InChI=1S/C8H15NO2.ClH/c1-7(2)4-8(3,5-9-7)6(10)11;/h9H,4-5H2,1-3H3,(H,10,11);1H. The molecule has 0 saturated carbocycles. The van der Waals surface area contributed by atoms with Crippen LogP contribution in [0.25, 0.3) is 0 Å². The maximum atomic E-state index is 10.8. The summed E-state index contributed by atoms with van der Waals surface area (Å²) in [6, 6.07) is 0. The van der Waals surface area contributed by atoms with Gasteiger partial charge in [-0.25, -0.2) is 0 Å². The third-order valence-corrected chi connectivity index (χ3v) is 2.31. The lowest BCUT2D eigenvalue weighted by atomic mass is 9.84. The van der Waals surface area contributed by atoms with Gasteiger partial charge in [-0.15, -0.1) is 12.4 Å². The van der Waals surface area contributed by atoms with Crippen LogP contribution >= 0.6 is 12.4 Å². The second-order valence-electron chi connectivity index (χ2n) is 4.28. The molecule has 1 aliphatic heterocycles. The molecule has 2 N–H and O–H groups in total. The summed E-state index contributed by atoms with van der Waals surface area (Å²) < 4.78 is 0. The molecule has 0 aromatic rings. The van der Waals surface area contributed by atoms with Crippen LogP contribution in [0.1, 0.15) is 27.2 Å². The number of halogens is 1. The highest BCUT2D eigenvalue weighted by Crippen LogP contribution is 2.34. The summed E-state index contributed by atoms with van der Waals surface area (Å²) in [5.74, 6) is -0.699. The number of rotatable bonds is 1. The topological polar surface area (TPSA) is 49.3 Å². The van der Waals surface area contributed by atoms with Crippen molar-refractivity contribution in [2.75, 3.05) is 6.54 Å². The van der Waals surface area contributed by atoms with Gasteiger partial charge >= 0.3 is 5.97 Å². The predicted octanol–water partition coefficient (Wildman–Crippen LogP) is 1.27. The molecule has 1 saturated heterocycles. The van der Waals surface area contributed by atoms with Gasteiger partial charge < -0.3 is 10.4 Å². The third kappa shape index (κ3) is 2.11. The number of carboxylic acid groups (broad SMARTS) is 1. The van der Waals surface area contributed by atoms with Crippen LogP contribution in [0.5, 0.6) is 0 Å². The number of nitrogens with one attached hydrogen (secondary N) is 1. The van der Waals surface area contributed by atoms with E-state index in [0.717, 1.165) is 0 Å². The Kier molecular flexibility index (Phi) is 3.15. The number of carboxylic acids is 1. The average molecular weight is 194 g/mol. The maximum Gasteiger partial charge on any atom is 0.310 e. The van der Waals surface area contributed by atoms with Crippen LogP contribution in [0.3, 0.4) is 0 Å². The van der Waals surface area contributed by atoms with Crippen molar-refractivity contribution in [3.05, 3.63) is 0 Å². The normalized spacial score (nSPS) is 32.6. The minimum atomic E-state index is -0.699. The van der Waals surface area contributed by atoms with Crippen molar-refractivity contribution in [3.8, 4) is 0 Å². The fourth-order valence-corrected chi connectivity index (χ4v) is 1.69. The molecule has 4 heteroatoms. The minimum absolute atomic E-state index is 0. The summed E-state index contributed by atoms with van der Waals surface area (Å²) in [7, 11) is 0. The van der Waals surface area contributed by atoms with Crippen molar-refractivity contribution in [1.82, 2.24) is 5.32 Å². The molecule has 1 rings (SSSR count). The Morgan fingerprint density at radius 3 is 2.08 bits per heavy atom. The van der Waals surface area contributed by atoms with Crippen molar-refractivity contribution in [3.63, 3.8) is 0 Å². The molecule has 0 bridgehead atoms. The van der Waals surface area contributed by atoms with Crippen LogP contribution in [0.15, 0.2) is 0 Å². The monoisotopic (exact) mass is 193 g/mol. The Bertz CT molecular complexity index is 193. The molecule has 0 aromatic heterocycles. The predicted molar refractivity (Wildman–Crippen MR) is 49.7 cm³/mol. The molecule has 0 spiro atoms. The highest BCUT2D eigenvalue weighted by Gasteiger charge is 2.44. The van der Waals surface area contributed by atoms with Gasteiger partial charge in [0, 0.05) is 12.1 Å². The number of hydrogen-bond acceptors (Lipinski definition) is 2. The Balaban J connectivity index is 0.00000121. The van der Waals surface area contributed by atoms with Gasteiger partial charge in [-0.2, -0.15) is 0 Å². The molecule has 1 unspecified atom stereocenters. The molecule has 0 amide bonds. The Morgan fingerprint density at radius 2 is 1.92 bits per heavy atom. The molecule has 1 atom stereocenters. The molecule has 0 radical (unpaired) electrons. The summed E-state index contributed by atoms with van der Waals surface area (Å²) in [6.07, 6.45) is 0.704. The van der Waals surface area contributed by atoms with Crippen molar-refractivity contribution >= 4 is 18.4 Å². The van der Waals surface area contributed by atoms with Gasteiger partial charge in [0.05, 0.1) is 5.41 Å². The van der Waals surface area contributed by atoms with Gasteiger partial charge in [-0.3, -0.25) is 4.79 Å². The number of aliphatic carboxylic acids is 1. The van der Waals surface area contributed by atoms with E-state index in [1.807, 2.05) is 13.8 Å². The van der Waals surface area contributed by atoms with E-state index in [4.69, 9.17) is 5.11 Å². The molecule has 1 heterocycles. The summed E-state index contributed by atoms with van der Waals surface area (Å²) in [5, 5.41) is 12.1. The zero-order chi connectivity index (χ0) is 8.70.